The first kappa shape index (κ1) is 19.6. The second-order valence-corrected chi connectivity index (χ2v) is 6.61. The molecule has 1 aliphatic rings. The van der Waals surface area contributed by atoms with Crippen molar-refractivity contribution in [2.75, 3.05) is 20.8 Å². The lowest BCUT2D eigenvalue weighted by Crippen LogP contribution is -2.60. The van der Waals surface area contributed by atoms with E-state index >= 15 is 0 Å². The number of carbonyl (C=O) groups is 2. The Kier molecular flexibility index (Phi) is 7.72. The van der Waals surface area contributed by atoms with Gasteiger partial charge in [-0.15, -0.1) is 0 Å². The van der Waals surface area contributed by atoms with E-state index in [1.807, 2.05) is 13.8 Å². The average molecular weight is 324 g/mol. The molecule has 2 amide bonds. The smallest absolute Gasteiger partial charge is 0.241 e. The highest BCUT2D eigenvalue weighted by Gasteiger charge is 2.33. The van der Waals surface area contributed by atoms with Crippen molar-refractivity contribution in [3.05, 3.63) is 12.2 Å². The largest absolute Gasteiger partial charge is 0.358 e. The fourth-order valence-electron chi connectivity index (χ4n) is 2.81. The van der Waals surface area contributed by atoms with E-state index in [4.69, 9.17) is 0 Å². The third-order valence-electron chi connectivity index (χ3n) is 4.77. The highest BCUT2D eigenvalue weighted by molar-refractivity contribution is 5.87. The van der Waals surface area contributed by atoms with Crippen LogP contribution in [0.3, 0.4) is 0 Å². The van der Waals surface area contributed by atoms with Gasteiger partial charge in [-0.05, 0) is 59.4 Å². The summed E-state index contributed by atoms with van der Waals surface area (Å²) < 4.78 is 0. The molecule has 0 aromatic rings. The third-order valence-corrected chi connectivity index (χ3v) is 4.77. The monoisotopic (exact) mass is 324 g/mol. The Bertz CT molecular complexity index is 438. The molecule has 0 aliphatic carbocycles. The molecule has 23 heavy (non-hydrogen) atoms. The van der Waals surface area contributed by atoms with Crippen LogP contribution in [0.25, 0.3) is 0 Å². The molecule has 1 heterocycles. The van der Waals surface area contributed by atoms with Gasteiger partial charge in [0, 0.05) is 7.05 Å². The second kappa shape index (κ2) is 9.03. The molecule has 132 valence electrons. The standard InChI is InChI=1S/C17H32N4O2/c1-16(19-4)11-9-7-5-6-8-10-12-17(2,14(22)18-3)21-13-20-15(16)23/h5-6,19,21H,7-13H2,1-4H3,(H,18,22)(H,20,23)/b6-5+/t16-,17-/m0/s1. The van der Waals surface area contributed by atoms with Crippen LogP contribution in [0.5, 0.6) is 0 Å². The van der Waals surface area contributed by atoms with Gasteiger partial charge < -0.3 is 16.0 Å². The first-order valence-corrected chi connectivity index (χ1v) is 8.47. The van der Waals surface area contributed by atoms with Gasteiger partial charge in [0.2, 0.25) is 11.8 Å². The molecule has 0 aromatic carbocycles. The molecule has 0 fully saturated rings. The summed E-state index contributed by atoms with van der Waals surface area (Å²) in [5, 5.41) is 11.9. The quantitative estimate of drug-likeness (QED) is 0.572. The van der Waals surface area contributed by atoms with Crippen molar-refractivity contribution in [3.63, 3.8) is 0 Å². The van der Waals surface area contributed by atoms with Gasteiger partial charge in [0.15, 0.2) is 0 Å². The molecule has 0 bridgehead atoms. The van der Waals surface area contributed by atoms with Gasteiger partial charge in [-0.3, -0.25) is 14.9 Å². The van der Waals surface area contributed by atoms with Crippen molar-refractivity contribution < 1.29 is 9.59 Å². The highest BCUT2D eigenvalue weighted by atomic mass is 16.2. The maximum atomic E-state index is 12.5. The van der Waals surface area contributed by atoms with Gasteiger partial charge in [0.1, 0.15) is 0 Å². The number of hydrogen-bond donors (Lipinski definition) is 4. The molecule has 1 rings (SSSR count). The Balaban J connectivity index is 2.84. The van der Waals surface area contributed by atoms with E-state index < -0.39 is 11.1 Å². The molecule has 0 saturated heterocycles. The van der Waals surface area contributed by atoms with Crippen LogP contribution in [0, 0.1) is 0 Å². The predicted octanol–water partition coefficient (Wildman–Crippen LogP) is 1.04. The Morgan fingerprint density at radius 2 is 1.74 bits per heavy atom. The summed E-state index contributed by atoms with van der Waals surface area (Å²) in [6, 6.07) is 0. The van der Waals surface area contributed by atoms with E-state index in [0.29, 0.717) is 0 Å². The van der Waals surface area contributed by atoms with Crippen LogP contribution in [-0.2, 0) is 9.59 Å². The molecule has 4 N–H and O–H groups in total. The molecule has 6 nitrogen and oxygen atoms in total. The van der Waals surface area contributed by atoms with Crippen LogP contribution in [-0.4, -0.2) is 43.7 Å². The van der Waals surface area contributed by atoms with Crippen molar-refractivity contribution in [2.24, 2.45) is 0 Å². The van der Waals surface area contributed by atoms with E-state index in [1.54, 1.807) is 14.1 Å². The first-order valence-electron chi connectivity index (χ1n) is 8.47. The Morgan fingerprint density at radius 3 is 2.30 bits per heavy atom. The summed E-state index contributed by atoms with van der Waals surface area (Å²) in [6.07, 6.45) is 9.65. The zero-order valence-electron chi connectivity index (χ0n) is 14.9. The topological polar surface area (TPSA) is 82.3 Å². The number of likely N-dealkylation sites (N-methyl/N-ethyl adjacent to an activating group) is 2. The predicted molar refractivity (Wildman–Crippen MR) is 92.9 cm³/mol. The molecular weight excluding hydrogens is 292 g/mol. The average Bonchev–Trinajstić information content (AvgIpc) is 2.55. The lowest BCUT2D eigenvalue weighted by Gasteiger charge is -2.32. The number of amides is 2. The minimum absolute atomic E-state index is 0.0483. The number of carbonyl (C=O) groups excluding carboxylic acids is 2. The molecule has 0 aromatic heterocycles. The van der Waals surface area contributed by atoms with Crippen LogP contribution < -0.4 is 21.3 Å². The summed E-state index contributed by atoms with van der Waals surface area (Å²) in [4.78, 5) is 24.6. The van der Waals surface area contributed by atoms with Crippen molar-refractivity contribution in [2.45, 2.75) is 63.5 Å². The molecule has 6 heteroatoms. The summed E-state index contributed by atoms with van der Waals surface area (Å²) >= 11 is 0. The minimum Gasteiger partial charge on any atom is -0.358 e. The van der Waals surface area contributed by atoms with Gasteiger partial charge >= 0.3 is 0 Å². The third kappa shape index (κ3) is 5.62. The SMILES string of the molecule is CNC(=O)[C@]1(C)CCC/C=C/CCC[C@](C)(NC)C(=O)NCN1. The van der Waals surface area contributed by atoms with Crippen molar-refractivity contribution in [1.29, 1.82) is 0 Å². The van der Waals surface area contributed by atoms with Crippen molar-refractivity contribution >= 4 is 11.8 Å². The molecule has 2 atom stereocenters. The second-order valence-electron chi connectivity index (χ2n) is 6.61. The fourth-order valence-corrected chi connectivity index (χ4v) is 2.81. The summed E-state index contributed by atoms with van der Waals surface area (Å²) in [5.41, 5.74) is -1.28. The number of nitrogens with one attached hydrogen (secondary N) is 4. The van der Waals surface area contributed by atoms with E-state index in [9.17, 15) is 9.59 Å². The summed E-state index contributed by atoms with van der Waals surface area (Å²) in [5.74, 6) is -0.105. The summed E-state index contributed by atoms with van der Waals surface area (Å²) in [7, 11) is 3.44. The Labute approximate surface area is 139 Å². The van der Waals surface area contributed by atoms with Crippen molar-refractivity contribution in [3.8, 4) is 0 Å². The van der Waals surface area contributed by atoms with Gasteiger partial charge in [-0.25, -0.2) is 0 Å². The number of rotatable bonds is 2. The molecular formula is C17H32N4O2. The normalized spacial score (nSPS) is 32.4. The number of hydrogen-bond acceptors (Lipinski definition) is 4. The number of allylic oxidation sites excluding steroid dienone is 2. The zero-order valence-corrected chi connectivity index (χ0v) is 14.9. The Hall–Kier alpha value is -1.40. The summed E-state index contributed by atoms with van der Waals surface area (Å²) in [6.45, 7) is 4.07. The van der Waals surface area contributed by atoms with E-state index in [-0.39, 0.29) is 18.5 Å². The maximum absolute atomic E-state index is 12.5. The van der Waals surface area contributed by atoms with E-state index in [2.05, 4.69) is 33.4 Å². The molecule has 0 spiro atoms. The van der Waals surface area contributed by atoms with Gasteiger partial charge in [-0.1, -0.05) is 12.2 Å². The van der Waals surface area contributed by atoms with Crippen LogP contribution >= 0.6 is 0 Å². The van der Waals surface area contributed by atoms with Crippen LogP contribution in [0.4, 0.5) is 0 Å². The lowest BCUT2D eigenvalue weighted by atomic mass is 9.92. The highest BCUT2D eigenvalue weighted by Crippen LogP contribution is 2.17. The van der Waals surface area contributed by atoms with Crippen molar-refractivity contribution in [1.82, 2.24) is 21.3 Å². The lowest BCUT2D eigenvalue weighted by molar-refractivity contribution is -0.129. The molecule has 1 aliphatic heterocycles. The van der Waals surface area contributed by atoms with Crippen LogP contribution in [0.2, 0.25) is 0 Å². The molecule has 0 unspecified atom stereocenters. The van der Waals surface area contributed by atoms with Crippen LogP contribution in [0.15, 0.2) is 12.2 Å². The van der Waals surface area contributed by atoms with Gasteiger partial charge in [0.25, 0.3) is 0 Å². The molecule has 0 radical (unpaired) electrons. The zero-order chi connectivity index (χ0) is 17.3. The van der Waals surface area contributed by atoms with Gasteiger partial charge in [-0.2, -0.15) is 0 Å². The fraction of sp³-hybridized carbons (Fsp3) is 0.765. The van der Waals surface area contributed by atoms with E-state index in [0.717, 1.165) is 38.5 Å². The minimum atomic E-state index is -0.684. The van der Waals surface area contributed by atoms with E-state index in [1.165, 1.54) is 0 Å². The maximum Gasteiger partial charge on any atom is 0.241 e. The Morgan fingerprint density at radius 1 is 1.13 bits per heavy atom. The molecule has 0 saturated carbocycles. The van der Waals surface area contributed by atoms with Gasteiger partial charge in [0.05, 0.1) is 17.7 Å². The van der Waals surface area contributed by atoms with Crippen LogP contribution in [0.1, 0.15) is 52.4 Å². The first-order chi connectivity index (χ1) is 10.9.